The molecule has 192 valence electrons. The van der Waals surface area contributed by atoms with E-state index >= 15 is 0 Å². The molecule has 0 saturated carbocycles. The van der Waals surface area contributed by atoms with Crippen LogP contribution in [0.2, 0.25) is 0 Å². The number of benzene rings is 8. The summed E-state index contributed by atoms with van der Waals surface area (Å²) in [5.41, 5.74) is 6.90. The summed E-state index contributed by atoms with van der Waals surface area (Å²) in [6.07, 6.45) is 0. The van der Waals surface area contributed by atoms with Gasteiger partial charge in [0.15, 0.2) is 0 Å². The van der Waals surface area contributed by atoms with Crippen molar-refractivity contribution < 1.29 is 4.39 Å². The van der Waals surface area contributed by atoms with Gasteiger partial charge < -0.3 is 0 Å². The first kappa shape index (κ1) is 23.6. The molecule has 0 N–H and O–H groups in total. The van der Waals surface area contributed by atoms with E-state index in [-0.39, 0.29) is 5.82 Å². The topological polar surface area (TPSA) is 0 Å². The van der Waals surface area contributed by atoms with Gasteiger partial charge in [0.1, 0.15) is 5.82 Å². The number of rotatable bonds is 3. The number of halogens is 1. The Morgan fingerprint density at radius 2 is 0.829 bits per heavy atom. The van der Waals surface area contributed by atoms with Crippen LogP contribution in [0.1, 0.15) is 0 Å². The van der Waals surface area contributed by atoms with E-state index in [1.165, 1.54) is 77.5 Å². The zero-order valence-corrected chi connectivity index (χ0v) is 22.3. The molecular formula is C40H25F. The van der Waals surface area contributed by atoms with Gasteiger partial charge >= 0.3 is 0 Å². The fourth-order valence-electron chi connectivity index (χ4n) is 6.40. The number of fused-ring (bicyclic) bond motifs is 5. The first-order valence-corrected chi connectivity index (χ1v) is 14.0. The summed E-state index contributed by atoms with van der Waals surface area (Å²) < 4.78 is 13.8. The highest BCUT2D eigenvalue weighted by Crippen LogP contribution is 2.45. The van der Waals surface area contributed by atoms with Gasteiger partial charge in [0.2, 0.25) is 0 Å². The third-order valence-corrected chi connectivity index (χ3v) is 8.30. The lowest BCUT2D eigenvalue weighted by atomic mass is 9.84. The molecule has 0 aliphatic carbocycles. The van der Waals surface area contributed by atoms with Gasteiger partial charge in [-0.25, -0.2) is 4.39 Å². The summed E-state index contributed by atoms with van der Waals surface area (Å²) in [5, 5.41) is 9.83. The van der Waals surface area contributed by atoms with Crippen LogP contribution in [0.15, 0.2) is 152 Å². The maximum absolute atomic E-state index is 13.8. The molecule has 0 radical (unpaired) electrons. The van der Waals surface area contributed by atoms with Crippen LogP contribution in [-0.2, 0) is 0 Å². The Morgan fingerprint density at radius 1 is 0.293 bits per heavy atom. The van der Waals surface area contributed by atoms with Crippen molar-refractivity contribution in [3.8, 4) is 33.4 Å². The van der Waals surface area contributed by atoms with E-state index in [1.54, 1.807) is 0 Å². The molecule has 8 aromatic carbocycles. The summed E-state index contributed by atoms with van der Waals surface area (Å²) in [7, 11) is 0. The lowest BCUT2D eigenvalue weighted by Crippen LogP contribution is -1.92. The molecule has 0 nitrogen and oxygen atoms in total. The Balaban J connectivity index is 1.49. The SMILES string of the molecule is Fc1ccc(-c2ccc3c(-c4ccccc4)c4ccccc4c(-c4ccc5c(ccc6ccccc65)c4)c3c2)cc1. The second-order valence-corrected chi connectivity index (χ2v) is 10.7. The lowest BCUT2D eigenvalue weighted by Gasteiger charge is -2.19. The van der Waals surface area contributed by atoms with E-state index < -0.39 is 0 Å². The van der Waals surface area contributed by atoms with Crippen molar-refractivity contribution >= 4 is 43.1 Å². The molecule has 0 spiro atoms. The predicted octanol–water partition coefficient (Wildman–Crippen LogP) is 11.4. The molecule has 41 heavy (non-hydrogen) atoms. The van der Waals surface area contributed by atoms with Gasteiger partial charge in [0, 0.05) is 0 Å². The molecule has 1 heteroatoms. The van der Waals surface area contributed by atoms with Crippen molar-refractivity contribution in [2.45, 2.75) is 0 Å². The largest absolute Gasteiger partial charge is 0.207 e. The highest BCUT2D eigenvalue weighted by Gasteiger charge is 2.18. The second-order valence-electron chi connectivity index (χ2n) is 10.7. The van der Waals surface area contributed by atoms with Gasteiger partial charge in [0.25, 0.3) is 0 Å². The van der Waals surface area contributed by atoms with Gasteiger partial charge in [-0.1, -0.05) is 127 Å². The number of hydrogen-bond donors (Lipinski definition) is 0. The normalized spacial score (nSPS) is 11.5. The highest BCUT2D eigenvalue weighted by atomic mass is 19.1. The Kier molecular flexibility index (Phi) is 5.43. The van der Waals surface area contributed by atoms with Gasteiger partial charge in [-0.05, 0) is 101 Å². The molecule has 8 rings (SSSR count). The minimum atomic E-state index is -0.226. The summed E-state index contributed by atoms with van der Waals surface area (Å²) in [4.78, 5) is 0. The zero-order chi connectivity index (χ0) is 27.3. The van der Waals surface area contributed by atoms with E-state index in [0.29, 0.717) is 0 Å². The minimum Gasteiger partial charge on any atom is -0.207 e. The number of hydrogen-bond acceptors (Lipinski definition) is 0. The third kappa shape index (κ3) is 3.90. The van der Waals surface area contributed by atoms with Gasteiger partial charge in [-0.15, -0.1) is 0 Å². The molecule has 0 atom stereocenters. The van der Waals surface area contributed by atoms with Crippen molar-refractivity contribution in [3.63, 3.8) is 0 Å². The van der Waals surface area contributed by atoms with E-state index in [9.17, 15) is 4.39 Å². The molecule has 0 amide bonds. The molecule has 0 heterocycles. The lowest BCUT2D eigenvalue weighted by molar-refractivity contribution is 0.628. The van der Waals surface area contributed by atoms with E-state index in [4.69, 9.17) is 0 Å². The van der Waals surface area contributed by atoms with Crippen LogP contribution in [0.3, 0.4) is 0 Å². The summed E-state index contributed by atoms with van der Waals surface area (Å²) in [6.45, 7) is 0. The van der Waals surface area contributed by atoms with Gasteiger partial charge in [0.05, 0.1) is 0 Å². The maximum Gasteiger partial charge on any atom is 0.123 e. The molecule has 0 aromatic heterocycles. The van der Waals surface area contributed by atoms with E-state index in [0.717, 1.165) is 11.1 Å². The molecule has 0 unspecified atom stereocenters. The Labute approximate surface area is 237 Å². The summed E-state index contributed by atoms with van der Waals surface area (Å²) >= 11 is 0. The quantitative estimate of drug-likeness (QED) is 0.159. The second kappa shape index (κ2) is 9.43. The van der Waals surface area contributed by atoms with Crippen molar-refractivity contribution in [2.75, 3.05) is 0 Å². The summed E-state index contributed by atoms with van der Waals surface area (Å²) in [5.74, 6) is -0.226. The smallest absolute Gasteiger partial charge is 0.123 e. The fraction of sp³-hybridized carbons (Fsp3) is 0. The molecule has 0 aliphatic heterocycles. The first-order chi connectivity index (χ1) is 20.2. The standard InChI is InChI=1S/C40H25F/c41-32-20-16-26(17-21-32)29-18-23-37-38(25-29)40(36-13-7-6-12-35(36)39(37)28-9-2-1-3-10-28)31-19-22-34-30(24-31)15-14-27-8-4-5-11-33(27)34/h1-25H. The Bertz CT molecular complexity index is 2240. The van der Waals surface area contributed by atoms with Crippen molar-refractivity contribution in [2.24, 2.45) is 0 Å². The molecule has 0 fully saturated rings. The third-order valence-electron chi connectivity index (χ3n) is 8.30. The van der Waals surface area contributed by atoms with Crippen LogP contribution >= 0.6 is 0 Å². The van der Waals surface area contributed by atoms with Crippen LogP contribution in [0.4, 0.5) is 4.39 Å². The Morgan fingerprint density at radius 3 is 1.61 bits per heavy atom. The van der Waals surface area contributed by atoms with E-state index in [2.05, 4.69) is 127 Å². The first-order valence-electron chi connectivity index (χ1n) is 14.0. The fourth-order valence-corrected chi connectivity index (χ4v) is 6.40. The van der Waals surface area contributed by atoms with Crippen LogP contribution in [-0.4, -0.2) is 0 Å². The molecule has 0 bridgehead atoms. The molecular weight excluding hydrogens is 499 g/mol. The highest BCUT2D eigenvalue weighted by molar-refractivity contribution is 6.22. The van der Waals surface area contributed by atoms with Crippen molar-refractivity contribution in [3.05, 3.63) is 157 Å². The van der Waals surface area contributed by atoms with Crippen LogP contribution in [0.25, 0.3) is 76.5 Å². The molecule has 8 aromatic rings. The maximum atomic E-state index is 13.8. The van der Waals surface area contributed by atoms with Crippen molar-refractivity contribution in [1.82, 2.24) is 0 Å². The minimum absolute atomic E-state index is 0.226. The van der Waals surface area contributed by atoms with Gasteiger partial charge in [-0.3, -0.25) is 0 Å². The average molecular weight is 525 g/mol. The zero-order valence-electron chi connectivity index (χ0n) is 22.3. The predicted molar refractivity (Wildman–Crippen MR) is 173 cm³/mol. The van der Waals surface area contributed by atoms with Gasteiger partial charge in [-0.2, -0.15) is 0 Å². The van der Waals surface area contributed by atoms with Crippen LogP contribution in [0.5, 0.6) is 0 Å². The monoisotopic (exact) mass is 524 g/mol. The summed E-state index contributed by atoms with van der Waals surface area (Å²) in [6, 6.07) is 52.7. The van der Waals surface area contributed by atoms with E-state index in [1.807, 2.05) is 12.1 Å². The Hall–Kier alpha value is -5.27. The molecule has 0 saturated heterocycles. The molecule has 0 aliphatic rings. The van der Waals surface area contributed by atoms with Crippen molar-refractivity contribution in [1.29, 1.82) is 0 Å². The van der Waals surface area contributed by atoms with Crippen LogP contribution < -0.4 is 0 Å². The average Bonchev–Trinajstić information content (AvgIpc) is 3.03. The van der Waals surface area contributed by atoms with Crippen LogP contribution in [0, 0.1) is 5.82 Å².